The third-order valence-electron chi connectivity index (χ3n) is 2.65. The van der Waals surface area contributed by atoms with Gasteiger partial charge in [-0.3, -0.25) is 0 Å². The predicted octanol–water partition coefficient (Wildman–Crippen LogP) is 0.745. The lowest BCUT2D eigenvalue weighted by Crippen LogP contribution is -2.22. The van der Waals surface area contributed by atoms with Gasteiger partial charge in [-0.1, -0.05) is 6.07 Å². The van der Waals surface area contributed by atoms with Crippen molar-refractivity contribution in [3.05, 3.63) is 35.1 Å². The second-order valence-electron chi connectivity index (χ2n) is 4.05. The fraction of sp³-hybridized carbons (Fsp3) is 0.462. The zero-order valence-electron chi connectivity index (χ0n) is 10.7. The van der Waals surface area contributed by atoms with Crippen LogP contribution in [0, 0.1) is 5.82 Å². The van der Waals surface area contributed by atoms with E-state index in [1.54, 1.807) is 6.92 Å². The molecule has 19 heavy (non-hydrogen) atoms. The van der Waals surface area contributed by atoms with E-state index in [1.165, 1.54) is 12.1 Å². The molecule has 0 fully saturated rings. The molecule has 0 bridgehead atoms. The second-order valence-corrected chi connectivity index (χ2v) is 4.05. The second kappa shape index (κ2) is 7.18. The van der Waals surface area contributed by atoms with Crippen molar-refractivity contribution in [2.24, 2.45) is 5.73 Å². The molecule has 1 aromatic rings. The van der Waals surface area contributed by atoms with Crippen LogP contribution in [0.5, 0.6) is 0 Å². The third kappa shape index (κ3) is 3.99. The maximum absolute atomic E-state index is 13.5. The molecular weight excluding hydrogens is 253 g/mol. The minimum Gasteiger partial charge on any atom is -0.462 e. The average molecular weight is 271 g/mol. The van der Waals surface area contributed by atoms with Crippen LogP contribution in [0.4, 0.5) is 4.39 Å². The summed E-state index contributed by atoms with van der Waals surface area (Å²) in [5, 5.41) is 19.5. The van der Waals surface area contributed by atoms with E-state index < -0.39 is 24.0 Å². The van der Waals surface area contributed by atoms with Crippen LogP contribution in [0.15, 0.2) is 18.2 Å². The van der Waals surface area contributed by atoms with E-state index in [2.05, 4.69) is 0 Å². The number of esters is 1. The molecule has 1 aromatic carbocycles. The number of nitrogens with two attached hydrogens (primary N) is 1. The number of benzene rings is 1. The first kappa shape index (κ1) is 15.6. The molecule has 0 amide bonds. The van der Waals surface area contributed by atoms with Crippen LogP contribution in [0.1, 0.15) is 35.4 Å². The van der Waals surface area contributed by atoms with Gasteiger partial charge in [0.2, 0.25) is 0 Å². The molecule has 0 saturated heterocycles. The summed E-state index contributed by atoms with van der Waals surface area (Å²) in [6, 6.07) is 3.54. The summed E-state index contributed by atoms with van der Waals surface area (Å²) in [5.74, 6) is -1.54. The first-order chi connectivity index (χ1) is 9.01. The molecule has 1 rings (SSSR count). The summed E-state index contributed by atoms with van der Waals surface area (Å²) in [6.07, 6.45) is -2.09. The van der Waals surface area contributed by atoms with Gasteiger partial charge in [0.05, 0.1) is 18.3 Å². The largest absolute Gasteiger partial charge is 0.462 e. The van der Waals surface area contributed by atoms with Gasteiger partial charge in [0.15, 0.2) is 0 Å². The van der Waals surface area contributed by atoms with Gasteiger partial charge in [0.25, 0.3) is 0 Å². The lowest BCUT2D eigenvalue weighted by Gasteiger charge is -2.18. The third-order valence-corrected chi connectivity index (χ3v) is 2.65. The Morgan fingerprint density at radius 1 is 1.47 bits per heavy atom. The molecule has 6 heteroatoms. The molecule has 0 aliphatic carbocycles. The van der Waals surface area contributed by atoms with Crippen LogP contribution in [-0.4, -0.2) is 35.4 Å². The number of aliphatic hydroxyl groups is 2. The normalized spacial score (nSPS) is 13.9. The van der Waals surface area contributed by atoms with Crippen LogP contribution in [0.2, 0.25) is 0 Å². The highest BCUT2D eigenvalue weighted by atomic mass is 19.1. The van der Waals surface area contributed by atoms with Crippen LogP contribution in [0.25, 0.3) is 0 Å². The Morgan fingerprint density at radius 2 is 2.16 bits per heavy atom. The maximum atomic E-state index is 13.5. The molecule has 2 atom stereocenters. The monoisotopic (exact) mass is 271 g/mol. The fourth-order valence-electron chi connectivity index (χ4n) is 1.64. The van der Waals surface area contributed by atoms with E-state index in [9.17, 15) is 19.4 Å². The average Bonchev–Trinajstić information content (AvgIpc) is 2.39. The number of carbonyl (C=O) groups excluding carboxylic acids is 1. The van der Waals surface area contributed by atoms with E-state index in [4.69, 9.17) is 10.5 Å². The van der Waals surface area contributed by atoms with Gasteiger partial charge in [-0.2, -0.15) is 0 Å². The van der Waals surface area contributed by atoms with Gasteiger partial charge in [-0.05, 0) is 37.6 Å². The first-order valence-corrected chi connectivity index (χ1v) is 6.04. The van der Waals surface area contributed by atoms with Crippen LogP contribution in [0.3, 0.4) is 0 Å². The van der Waals surface area contributed by atoms with Crippen molar-refractivity contribution >= 4 is 5.97 Å². The summed E-state index contributed by atoms with van der Waals surface area (Å²) in [7, 11) is 0. The highest BCUT2D eigenvalue weighted by Gasteiger charge is 2.21. The first-order valence-electron chi connectivity index (χ1n) is 6.04. The molecule has 2 unspecified atom stereocenters. The molecule has 0 aromatic heterocycles. The smallest absolute Gasteiger partial charge is 0.341 e. The Labute approximate surface area is 110 Å². The topological polar surface area (TPSA) is 92.8 Å². The van der Waals surface area contributed by atoms with Gasteiger partial charge in [0.1, 0.15) is 11.9 Å². The standard InChI is InChI=1S/C13H18FNO4/c1-2-19-13(18)9-7-8(3-4-10(9)14)12(17)11(16)5-6-15/h3-4,7,11-12,16-17H,2,5-6,15H2,1H3. The van der Waals surface area contributed by atoms with Gasteiger partial charge in [-0.25, -0.2) is 9.18 Å². The molecule has 106 valence electrons. The summed E-state index contributed by atoms with van der Waals surface area (Å²) < 4.78 is 18.2. The number of hydrogen-bond acceptors (Lipinski definition) is 5. The minimum atomic E-state index is -1.22. The molecule has 0 spiro atoms. The van der Waals surface area contributed by atoms with Gasteiger partial charge in [-0.15, -0.1) is 0 Å². The number of hydrogen-bond donors (Lipinski definition) is 3. The van der Waals surface area contributed by atoms with Crippen molar-refractivity contribution in [2.75, 3.05) is 13.2 Å². The molecule has 0 aliphatic rings. The number of halogens is 1. The Morgan fingerprint density at radius 3 is 2.74 bits per heavy atom. The minimum absolute atomic E-state index is 0.126. The van der Waals surface area contributed by atoms with Crippen molar-refractivity contribution in [1.29, 1.82) is 0 Å². The Balaban J connectivity index is 2.98. The summed E-state index contributed by atoms with van der Waals surface area (Å²) >= 11 is 0. The van der Waals surface area contributed by atoms with Crippen LogP contribution in [-0.2, 0) is 4.74 Å². The van der Waals surface area contributed by atoms with Gasteiger partial charge in [0, 0.05) is 0 Å². The van der Waals surface area contributed by atoms with E-state index in [1.807, 2.05) is 0 Å². The number of ether oxygens (including phenoxy) is 1. The molecule has 0 aliphatic heterocycles. The molecule has 5 nitrogen and oxygen atoms in total. The van der Waals surface area contributed by atoms with E-state index in [-0.39, 0.29) is 30.7 Å². The van der Waals surface area contributed by atoms with Crippen molar-refractivity contribution in [3.63, 3.8) is 0 Å². The molecular formula is C13H18FNO4. The SMILES string of the molecule is CCOC(=O)c1cc(C(O)C(O)CCN)ccc1F. The van der Waals surface area contributed by atoms with Crippen molar-refractivity contribution < 1.29 is 24.1 Å². The lowest BCUT2D eigenvalue weighted by atomic mass is 10.00. The Kier molecular flexibility index (Phi) is 5.88. The van der Waals surface area contributed by atoms with Gasteiger partial charge >= 0.3 is 5.97 Å². The van der Waals surface area contributed by atoms with Gasteiger partial charge < -0.3 is 20.7 Å². The quantitative estimate of drug-likeness (QED) is 0.664. The number of aliphatic hydroxyl groups excluding tert-OH is 2. The highest BCUT2D eigenvalue weighted by molar-refractivity contribution is 5.89. The summed E-state index contributed by atoms with van der Waals surface area (Å²) in [5.41, 5.74) is 5.26. The van der Waals surface area contributed by atoms with Crippen molar-refractivity contribution in [2.45, 2.75) is 25.6 Å². The van der Waals surface area contributed by atoms with E-state index in [0.717, 1.165) is 6.07 Å². The summed E-state index contributed by atoms with van der Waals surface area (Å²) in [4.78, 5) is 11.5. The highest BCUT2D eigenvalue weighted by Crippen LogP contribution is 2.22. The zero-order valence-corrected chi connectivity index (χ0v) is 10.7. The van der Waals surface area contributed by atoms with E-state index in [0.29, 0.717) is 0 Å². The molecule has 4 N–H and O–H groups in total. The molecule has 0 radical (unpaired) electrons. The summed E-state index contributed by atoms with van der Waals surface area (Å²) in [6.45, 7) is 1.95. The maximum Gasteiger partial charge on any atom is 0.341 e. The zero-order chi connectivity index (χ0) is 14.4. The fourth-order valence-corrected chi connectivity index (χ4v) is 1.64. The Hall–Kier alpha value is -1.50. The van der Waals surface area contributed by atoms with E-state index >= 15 is 0 Å². The lowest BCUT2D eigenvalue weighted by molar-refractivity contribution is 0.0148. The number of rotatable bonds is 6. The molecule has 0 saturated carbocycles. The van der Waals surface area contributed by atoms with Crippen LogP contribution < -0.4 is 5.73 Å². The predicted molar refractivity (Wildman–Crippen MR) is 67.0 cm³/mol. The van der Waals surface area contributed by atoms with Crippen molar-refractivity contribution in [3.8, 4) is 0 Å². The molecule has 0 heterocycles. The van der Waals surface area contributed by atoms with Crippen LogP contribution >= 0.6 is 0 Å². The van der Waals surface area contributed by atoms with Crippen molar-refractivity contribution in [1.82, 2.24) is 0 Å². The Bertz CT molecular complexity index is 439. The number of carbonyl (C=O) groups is 1.